The minimum Gasteiger partial charge on any atom is -0.393 e. The second kappa shape index (κ2) is 11.4. The summed E-state index contributed by atoms with van der Waals surface area (Å²) in [5, 5.41) is 33.9. The van der Waals surface area contributed by atoms with Gasteiger partial charge in [-0.2, -0.15) is 5.26 Å². The Balaban J connectivity index is 1.26. The fourth-order valence-electron chi connectivity index (χ4n) is 4.68. The van der Waals surface area contributed by atoms with Crippen LogP contribution < -0.4 is 10.2 Å². The highest BCUT2D eigenvalue weighted by atomic mass is 32.1. The van der Waals surface area contributed by atoms with Crippen LogP contribution >= 0.6 is 11.3 Å². The predicted molar refractivity (Wildman–Crippen MR) is 143 cm³/mol. The quantitative estimate of drug-likeness (QED) is 0.338. The molecule has 1 aromatic heterocycles. The van der Waals surface area contributed by atoms with Crippen molar-refractivity contribution in [2.24, 2.45) is 0 Å². The Morgan fingerprint density at radius 1 is 1.11 bits per heavy atom. The predicted octanol–water partition coefficient (Wildman–Crippen LogP) is 3.29. The van der Waals surface area contributed by atoms with Crippen molar-refractivity contribution in [3.8, 4) is 16.5 Å². The minimum atomic E-state index is -1.05. The molecule has 37 heavy (non-hydrogen) atoms. The first-order valence-corrected chi connectivity index (χ1v) is 13.2. The Labute approximate surface area is 219 Å². The maximum absolute atomic E-state index is 12.6. The zero-order chi connectivity index (χ0) is 25.8. The van der Waals surface area contributed by atoms with Gasteiger partial charge in [0, 0.05) is 47.9 Å². The molecular weight excluding hydrogens is 490 g/mol. The lowest BCUT2D eigenvalue weighted by Gasteiger charge is -2.30. The molecule has 2 aliphatic rings. The lowest BCUT2D eigenvalue weighted by atomic mass is 10.0. The van der Waals surface area contributed by atoms with Gasteiger partial charge < -0.3 is 29.9 Å². The number of nitrogens with zero attached hydrogens (tertiary/aromatic N) is 2. The third-order valence-electron chi connectivity index (χ3n) is 6.61. The Morgan fingerprint density at radius 3 is 2.68 bits per heavy atom. The van der Waals surface area contributed by atoms with Crippen molar-refractivity contribution in [1.29, 1.82) is 5.26 Å². The maximum Gasteiger partial charge on any atom is 0.262 e. The molecule has 0 spiro atoms. The van der Waals surface area contributed by atoms with Gasteiger partial charge >= 0.3 is 0 Å². The lowest BCUT2D eigenvalue weighted by molar-refractivity contribution is -0.187. The average molecular weight is 520 g/mol. The van der Waals surface area contributed by atoms with E-state index in [4.69, 9.17) is 9.47 Å². The van der Waals surface area contributed by atoms with Crippen molar-refractivity contribution in [2.45, 2.75) is 31.3 Å². The molecule has 0 radical (unpaired) electrons. The van der Waals surface area contributed by atoms with Gasteiger partial charge in [-0.05, 0) is 52.7 Å². The van der Waals surface area contributed by atoms with E-state index >= 15 is 0 Å². The number of morpholine rings is 1. The number of anilines is 1. The van der Waals surface area contributed by atoms with E-state index in [1.54, 1.807) is 6.08 Å². The van der Waals surface area contributed by atoms with Crippen LogP contribution in [0.3, 0.4) is 0 Å². The first kappa shape index (κ1) is 25.4. The summed E-state index contributed by atoms with van der Waals surface area (Å²) in [5.74, 6) is -0.516. The number of aliphatic hydroxyl groups excluding tert-OH is 2. The van der Waals surface area contributed by atoms with Crippen molar-refractivity contribution < 1.29 is 24.5 Å². The second-order valence-corrected chi connectivity index (χ2v) is 10.4. The van der Waals surface area contributed by atoms with Gasteiger partial charge in [-0.3, -0.25) is 4.79 Å². The molecule has 1 amide bonds. The van der Waals surface area contributed by atoms with Gasteiger partial charge in [-0.1, -0.05) is 18.2 Å². The molecule has 3 aromatic rings. The number of carbonyl (C=O) groups is 1. The second-order valence-electron chi connectivity index (χ2n) is 9.27. The van der Waals surface area contributed by atoms with Gasteiger partial charge in [0.25, 0.3) is 5.91 Å². The summed E-state index contributed by atoms with van der Waals surface area (Å²) in [6, 6.07) is 18.7. The molecule has 3 unspecified atom stereocenters. The number of carbonyl (C=O) groups excluding carboxylic acids is 1. The monoisotopic (exact) mass is 519 g/mol. The van der Waals surface area contributed by atoms with Gasteiger partial charge in [0.15, 0.2) is 6.29 Å². The number of thiophene rings is 1. The topological polar surface area (TPSA) is 115 Å². The van der Waals surface area contributed by atoms with Crippen molar-refractivity contribution in [1.82, 2.24) is 5.32 Å². The molecule has 3 N–H and O–H groups in total. The summed E-state index contributed by atoms with van der Waals surface area (Å²) in [4.78, 5) is 16.7. The van der Waals surface area contributed by atoms with Crippen molar-refractivity contribution >= 4 is 39.8 Å². The number of benzene rings is 2. The van der Waals surface area contributed by atoms with Crippen molar-refractivity contribution in [2.75, 3.05) is 37.7 Å². The molecule has 0 bridgehead atoms. The summed E-state index contributed by atoms with van der Waals surface area (Å²) >= 11 is 1.51. The molecule has 2 saturated heterocycles. The molecule has 0 saturated carbocycles. The molecule has 2 aliphatic heterocycles. The Hall–Kier alpha value is -3.26. The molecule has 3 heterocycles. The first-order valence-electron chi connectivity index (χ1n) is 12.4. The van der Waals surface area contributed by atoms with E-state index in [0.717, 1.165) is 47.0 Å². The third-order valence-corrected chi connectivity index (χ3v) is 7.69. The molecular formula is C28H29N3O5S. The Morgan fingerprint density at radius 2 is 1.89 bits per heavy atom. The minimum absolute atomic E-state index is 0.0144. The van der Waals surface area contributed by atoms with E-state index in [9.17, 15) is 20.3 Å². The van der Waals surface area contributed by atoms with E-state index < -0.39 is 24.4 Å². The standard InChI is InChI=1S/C28H29N3O5S/c29-16-21(28(34)30-17-24-14-23(32)15-27(33)36-24)13-25-5-6-26(37-25)20-2-1-19-12-22(4-3-18(19)11-20)31-7-9-35-10-8-31/h1-6,11-13,23-24,27,32-33H,7-10,14-15,17H2,(H,30,34)/b21-13+. The van der Waals surface area contributed by atoms with Crippen LogP contribution in [-0.2, 0) is 14.3 Å². The average Bonchev–Trinajstić information content (AvgIpc) is 3.38. The number of amides is 1. The molecule has 2 fully saturated rings. The van der Waals surface area contributed by atoms with Crippen LogP contribution in [0.15, 0.2) is 54.1 Å². The van der Waals surface area contributed by atoms with Crippen LogP contribution in [0.25, 0.3) is 27.3 Å². The van der Waals surface area contributed by atoms with Crippen LogP contribution in [0.4, 0.5) is 5.69 Å². The number of hydrogen-bond acceptors (Lipinski definition) is 8. The number of aliphatic hydroxyl groups is 2. The molecule has 8 nitrogen and oxygen atoms in total. The number of fused-ring (bicyclic) bond motifs is 1. The first-order chi connectivity index (χ1) is 18.0. The summed E-state index contributed by atoms with van der Waals surface area (Å²) in [6.45, 7) is 3.41. The Kier molecular flexibility index (Phi) is 7.84. The summed E-state index contributed by atoms with van der Waals surface area (Å²) < 4.78 is 10.8. The number of hydrogen-bond donors (Lipinski definition) is 3. The van der Waals surface area contributed by atoms with Gasteiger partial charge in [0.2, 0.25) is 0 Å². The molecule has 192 valence electrons. The highest BCUT2D eigenvalue weighted by molar-refractivity contribution is 7.16. The fraction of sp³-hybridized carbons (Fsp3) is 0.357. The lowest BCUT2D eigenvalue weighted by Crippen LogP contribution is -2.42. The molecule has 9 heteroatoms. The van der Waals surface area contributed by atoms with Crippen LogP contribution in [-0.4, -0.2) is 67.5 Å². The normalized spacial score (nSPS) is 22.6. The van der Waals surface area contributed by atoms with Gasteiger partial charge in [-0.15, -0.1) is 11.3 Å². The molecule has 2 aromatic carbocycles. The fourth-order valence-corrected chi connectivity index (χ4v) is 5.63. The molecule has 0 aliphatic carbocycles. The number of ether oxygens (including phenoxy) is 2. The zero-order valence-corrected chi connectivity index (χ0v) is 21.1. The maximum atomic E-state index is 12.6. The Bertz CT molecular complexity index is 1330. The van der Waals surface area contributed by atoms with Crippen LogP contribution in [0.1, 0.15) is 17.7 Å². The summed E-state index contributed by atoms with van der Waals surface area (Å²) in [7, 11) is 0. The van der Waals surface area contributed by atoms with Gasteiger partial charge in [0.05, 0.1) is 25.4 Å². The summed E-state index contributed by atoms with van der Waals surface area (Å²) in [6.07, 6.45) is -0.191. The smallest absolute Gasteiger partial charge is 0.262 e. The van der Waals surface area contributed by atoms with E-state index in [0.29, 0.717) is 6.42 Å². The number of nitrogens with one attached hydrogen (secondary N) is 1. The van der Waals surface area contributed by atoms with Crippen LogP contribution in [0.2, 0.25) is 0 Å². The van der Waals surface area contributed by atoms with Crippen molar-refractivity contribution in [3.05, 3.63) is 59.0 Å². The van der Waals surface area contributed by atoms with Crippen LogP contribution in [0.5, 0.6) is 0 Å². The molecule has 3 atom stereocenters. The largest absolute Gasteiger partial charge is 0.393 e. The van der Waals surface area contributed by atoms with Crippen LogP contribution in [0, 0.1) is 11.3 Å². The van der Waals surface area contributed by atoms with E-state index in [1.165, 1.54) is 22.4 Å². The van der Waals surface area contributed by atoms with Gasteiger partial charge in [-0.25, -0.2) is 0 Å². The molecule has 5 rings (SSSR count). The van der Waals surface area contributed by atoms with E-state index in [-0.39, 0.29) is 18.5 Å². The van der Waals surface area contributed by atoms with Crippen molar-refractivity contribution in [3.63, 3.8) is 0 Å². The highest BCUT2D eigenvalue weighted by Gasteiger charge is 2.27. The SMILES string of the molecule is N#C/C(=C\c1ccc(-c2ccc3cc(N4CCOCC4)ccc3c2)s1)C(=O)NCC1CC(O)CC(O)O1. The zero-order valence-electron chi connectivity index (χ0n) is 20.3. The number of rotatable bonds is 6. The van der Waals surface area contributed by atoms with Gasteiger partial charge in [0.1, 0.15) is 11.6 Å². The highest BCUT2D eigenvalue weighted by Crippen LogP contribution is 2.33. The van der Waals surface area contributed by atoms with E-state index in [1.807, 2.05) is 18.2 Å². The number of nitriles is 1. The third kappa shape index (κ3) is 6.18. The van der Waals surface area contributed by atoms with E-state index in [2.05, 4.69) is 46.6 Å². The summed E-state index contributed by atoms with van der Waals surface area (Å²) in [5.41, 5.74) is 2.27.